The summed E-state index contributed by atoms with van der Waals surface area (Å²) in [6.07, 6.45) is -1.30. The van der Waals surface area contributed by atoms with E-state index in [2.05, 4.69) is 14.8 Å². The van der Waals surface area contributed by atoms with Crippen LogP contribution in [-0.4, -0.2) is 36.0 Å². The number of alkyl halides is 3. The van der Waals surface area contributed by atoms with Gasteiger partial charge in [-0.1, -0.05) is 6.07 Å². The molecule has 24 heavy (non-hydrogen) atoms. The molecule has 0 atom stereocenters. The number of nitrogens with one attached hydrogen (secondary N) is 1. The normalized spacial score (nSPS) is 12.3. The molecular formula is C13H15F3N4O3S. The van der Waals surface area contributed by atoms with Crippen molar-refractivity contribution in [1.29, 1.82) is 0 Å². The van der Waals surface area contributed by atoms with Gasteiger partial charge in [-0.05, 0) is 13.0 Å². The highest BCUT2D eigenvalue weighted by Gasteiger charge is 2.29. The Morgan fingerprint density at radius 3 is 2.79 bits per heavy atom. The minimum Gasteiger partial charge on any atom is -0.478 e. The number of sulfonamides is 1. The smallest absolute Gasteiger partial charge is 0.408 e. The van der Waals surface area contributed by atoms with Crippen LogP contribution < -0.4 is 9.46 Å². The van der Waals surface area contributed by atoms with Gasteiger partial charge in [-0.3, -0.25) is 4.68 Å². The molecule has 2 heterocycles. The number of hydrogen-bond acceptors (Lipinski definition) is 5. The van der Waals surface area contributed by atoms with Crippen molar-refractivity contribution in [1.82, 2.24) is 19.5 Å². The summed E-state index contributed by atoms with van der Waals surface area (Å²) in [6.45, 7) is 0.647. The fourth-order valence-corrected chi connectivity index (χ4v) is 2.79. The van der Waals surface area contributed by atoms with E-state index >= 15 is 0 Å². The number of hydrogen-bond donors (Lipinski definition) is 1. The molecule has 132 valence electrons. The number of nitrogens with zero attached hydrogens (tertiary/aromatic N) is 3. The molecule has 0 aromatic carbocycles. The molecule has 0 saturated carbocycles. The van der Waals surface area contributed by atoms with Crippen LogP contribution in [0.1, 0.15) is 12.5 Å². The third-order valence-electron chi connectivity index (χ3n) is 2.84. The number of pyridine rings is 1. The minimum atomic E-state index is -4.48. The summed E-state index contributed by atoms with van der Waals surface area (Å²) in [4.78, 5) is 3.63. The summed E-state index contributed by atoms with van der Waals surface area (Å²) >= 11 is 0. The first-order chi connectivity index (χ1) is 11.2. The van der Waals surface area contributed by atoms with E-state index in [0.717, 1.165) is 12.4 Å². The Balaban J connectivity index is 2.09. The zero-order valence-electron chi connectivity index (χ0n) is 12.6. The van der Waals surface area contributed by atoms with Crippen molar-refractivity contribution in [3.8, 4) is 5.88 Å². The van der Waals surface area contributed by atoms with E-state index < -0.39 is 22.7 Å². The average molecular weight is 364 g/mol. The first-order valence-electron chi connectivity index (χ1n) is 6.87. The van der Waals surface area contributed by atoms with E-state index in [4.69, 9.17) is 4.74 Å². The maximum Gasteiger partial charge on any atom is 0.408 e. The van der Waals surface area contributed by atoms with Crippen molar-refractivity contribution >= 4 is 10.0 Å². The summed E-state index contributed by atoms with van der Waals surface area (Å²) in [6, 6.07) is 3.25. The second-order valence-corrected chi connectivity index (χ2v) is 6.48. The van der Waals surface area contributed by atoms with E-state index in [1.807, 2.05) is 0 Å². The number of ether oxygens (including phenoxy) is 1. The molecule has 0 fully saturated rings. The first-order valence-corrected chi connectivity index (χ1v) is 8.35. The number of aromatic nitrogens is 3. The Bertz CT molecular complexity index is 790. The third kappa shape index (κ3) is 4.93. The van der Waals surface area contributed by atoms with Crippen molar-refractivity contribution in [3.63, 3.8) is 0 Å². The van der Waals surface area contributed by atoms with Gasteiger partial charge in [-0.25, -0.2) is 18.1 Å². The van der Waals surface area contributed by atoms with Crippen molar-refractivity contribution in [2.75, 3.05) is 6.61 Å². The molecule has 0 radical (unpaired) electrons. The second-order valence-electron chi connectivity index (χ2n) is 4.71. The third-order valence-corrected chi connectivity index (χ3v) is 4.20. The standard InChI is InChI=1S/C13H15F3N4O3S/c1-2-23-12-10(4-3-5-17-12)6-19-24(21,22)11-7-18-20(8-11)9-13(14,15)16/h3-5,7-8,19H,2,6,9H2,1H3. The van der Waals surface area contributed by atoms with Gasteiger partial charge >= 0.3 is 6.18 Å². The van der Waals surface area contributed by atoms with Gasteiger partial charge in [0.05, 0.1) is 12.8 Å². The van der Waals surface area contributed by atoms with Crippen LogP contribution in [0.2, 0.25) is 0 Å². The molecule has 0 amide bonds. The Hall–Kier alpha value is -2.14. The lowest BCUT2D eigenvalue weighted by Crippen LogP contribution is -2.23. The van der Waals surface area contributed by atoms with E-state index in [1.165, 1.54) is 6.20 Å². The zero-order chi connectivity index (χ0) is 17.8. The Morgan fingerprint density at radius 2 is 2.12 bits per heavy atom. The molecule has 0 spiro atoms. The highest BCUT2D eigenvalue weighted by Crippen LogP contribution is 2.19. The van der Waals surface area contributed by atoms with Crippen LogP contribution in [-0.2, 0) is 23.1 Å². The van der Waals surface area contributed by atoms with E-state index in [0.29, 0.717) is 16.9 Å². The molecule has 0 aliphatic carbocycles. The molecule has 11 heteroatoms. The van der Waals surface area contributed by atoms with Crippen LogP contribution in [0.4, 0.5) is 13.2 Å². The van der Waals surface area contributed by atoms with E-state index in [1.54, 1.807) is 19.1 Å². The summed E-state index contributed by atoms with van der Waals surface area (Å²) < 4.78 is 69.2. The molecule has 2 aromatic rings. The van der Waals surface area contributed by atoms with E-state index in [9.17, 15) is 21.6 Å². The number of halogens is 3. The van der Waals surface area contributed by atoms with Gasteiger partial charge in [0.25, 0.3) is 0 Å². The maximum absolute atomic E-state index is 12.3. The topological polar surface area (TPSA) is 86.1 Å². The SMILES string of the molecule is CCOc1ncccc1CNS(=O)(=O)c1cnn(CC(F)(F)F)c1. The predicted octanol–water partition coefficient (Wildman–Crippen LogP) is 1.72. The molecule has 0 aliphatic heterocycles. The maximum atomic E-state index is 12.3. The van der Waals surface area contributed by atoms with Crippen molar-refractivity contribution in [2.45, 2.75) is 31.1 Å². The minimum absolute atomic E-state index is 0.115. The van der Waals surface area contributed by atoms with Gasteiger partial charge in [0.1, 0.15) is 11.4 Å². The van der Waals surface area contributed by atoms with Crippen LogP contribution in [0, 0.1) is 0 Å². The first kappa shape index (κ1) is 18.2. The van der Waals surface area contributed by atoms with Crippen LogP contribution in [0.5, 0.6) is 5.88 Å². The lowest BCUT2D eigenvalue weighted by molar-refractivity contribution is -0.142. The Labute approximate surface area is 136 Å². The highest BCUT2D eigenvalue weighted by atomic mass is 32.2. The number of rotatable bonds is 7. The fourth-order valence-electron chi connectivity index (χ4n) is 1.83. The van der Waals surface area contributed by atoms with E-state index in [-0.39, 0.29) is 17.3 Å². The summed E-state index contributed by atoms with van der Waals surface area (Å²) in [5.41, 5.74) is 0.505. The molecule has 1 N–H and O–H groups in total. The highest BCUT2D eigenvalue weighted by molar-refractivity contribution is 7.89. The van der Waals surface area contributed by atoms with Gasteiger partial charge in [-0.2, -0.15) is 18.3 Å². The van der Waals surface area contributed by atoms with Crippen LogP contribution in [0.3, 0.4) is 0 Å². The lowest BCUT2D eigenvalue weighted by Gasteiger charge is -2.09. The molecule has 0 saturated heterocycles. The molecule has 0 aliphatic rings. The lowest BCUT2D eigenvalue weighted by atomic mass is 10.3. The van der Waals surface area contributed by atoms with Crippen molar-refractivity contribution in [3.05, 3.63) is 36.3 Å². The van der Waals surface area contributed by atoms with Crippen molar-refractivity contribution < 1.29 is 26.3 Å². The summed E-state index contributed by atoms with van der Waals surface area (Å²) in [5, 5.41) is 3.41. The quantitative estimate of drug-likeness (QED) is 0.808. The van der Waals surface area contributed by atoms with Gasteiger partial charge < -0.3 is 4.74 Å². The van der Waals surface area contributed by atoms with Crippen LogP contribution in [0.15, 0.2) is 35.6 Å². The van der Waals surface area contributed by atoms with Gasteiger partial charge in [-0.15, -0.1) is 0 Å². The monoisotopic (exact) mass is 364 g/mol. The Morgan fingerprint density at radius 1 is 1.38 bits per heavy atom. The van der Waals surface area contributed by atoms with Crippen LogP contribution in [0.25, 0.3) is 0 Å². The predicted molar refractivity (Wildman–Crippen MR) is 77.7 cm³/mol. The van der Waals surface area contributed by atoms with Gasteiger partial charge in [0.15, 0.2) is 0 Å². The molecular weight excluding hydrogens is 349 g/mol. The van der Waals surface area contributed by atoms with Crippen molar-refractivity contribution in [2.24, 2.45) is 0 Å². The Kier molecular flexibility index (Phi) is 5.44. The zero-order valence-corrected chi connectivity index (χ0v) is 13.4. The second kappa shape index (κ2) is 7.18. The average Bonchev–Trinajstić information content (AvgIpc) is 2.94. The largest absolute Gasteiger partial charge is 0.478 e. The summed E-state index contributed by atoms with van der Waals surface area (Å²) in [5.74, 6) is 0.287. The molecule has 7 nitrogen and oxygen atoms in total. The molecule has 2 aromatic heterocycles. The van der Waals surface area contributed by atoms with Gasteiger partial charge in [0.2, 0.25) is 15.9 Å². The molecule has 2 rings (SSSR count). The summed E-state index contributed by atoms with van der Waals surface area (Å²) in [7, 11) is -4.01. The molecule has 0 unspecified atom stereocenters. The van der Waals surface area contributed by atoms with Gasteiger partial charge in [0, 0.05) is 24.5 Å². The molecule has 0 bridgehead atoms. The fraction of sp³-hybridized carbons (Fsp3) is 0.385. The van der Waals surface area contributed by atoms with Crippen LogP contribution >= 0.6 is 0 Å².